The molecule has 0 spiro atoms. The van der Waals surface area contributed by atoms with E-state index in [1.165, 1.54) is 5.56 Å². The van der Waals surface area contributed by atoms with Gasteiger partial charge in [0.1, 0.15) is 0 Å². The number of anilines is 1. The number of rotatable bonds is 4. The zero-order chi connectivity index (χ0) is 17.6. The van der Waals surface area contributed by atoms with Crippen molar-refractivity contribution in [2.24, 2.45) is 0 Å². The summed E-state index contributed by atoms with van der Waals surface area (Å²) in [4.78, 5) is 20.6. The summed E-state index contributed by atoms with van der Waals surface area (Å²) in [7, 11) is 0. The maximum atomic E-state index is 12.2. The number of carbonyl (C=O) groups excluding carboxylic acids is 1. The number of nitrogens with zero attached hydrogens (tertiary/aromatic N) is 2. The van der Waals surface area contributed by atoms with E-state index in [0.29, 0.717) is 6.54 Å². The molecule has 2 aromatic heterocycles. The van der Waals surface area contributed by atoms with Crippen LogP contribution in [0.5, 0.6) is 0 Å². The first-order valence-corrected chi connectivity index (χ1v) is 8.10. The van der Waals surface area contributed by atoms with Gasteiger partial charge in [0.05, 0.1) is 5.69 Å². The van der Waals surface area contributed by atoms with Gasteiger partial charge >= 0.3 is 6.03 Å². The van der Waals surface area contributed by atoms with E-state index in [-0.39, 0.29) is 6.03 Å². The predicted octanol–water partition coefficient (Wildman–Crippen LogP) is 4.08. The van der Waals surface area contributed by atoms with Gasteiger partial charge in [-0.25, -0.2) is 4.79 Å². The van der Waals surface area contributed by atoms with Crippen LogP contribution in [0.25, 0.3) is 11.3 Å². The minimum absolute atomic E-state index is 0.243. The van der Waals surface area contributed by atoms with Crippen molar-refractivity contribution in [1.82, 2.24) is 15.3 Å². The molecule has 3 aromatic rings. The molecule has 0 unspecified atom stereocenters. The standard InChI is InChI=1S/C20H20N4O/c1-14-5-6-18(12-15(14)2)24-20(25)23-13-17-4-3-9-22-19(17)16-7-10-21-11-8-16/h3-12H,13H2,1-2H3,(H2,23,24,25). The molecule has 126 valence electrons. The molecule has 3 rings (SSSR count). The van der Waals surface area contributed by atoms with Crippen LogP contribution < -0.4 is 10.6 Å². The molecule has 1 aromatic carbocycles. The van der Waals surface area contributed by atoms with Crippen molar-refractivity contribution in [2.75, 3.05) is 5.32 Å². The monoisotopic (exact) mass is 332 g/mol. The largest absolute Gasteiger partial charge is 0.334 e. The SMILES string of the molecule is Cc1ccc(NC(=O)NCc2cccnc2-c2ccncc2)cc1C. The first-order chi connectivity index (χ1) is 12.1. The highest BCUT2D eigenvalue weighted by atomic mass is 16.2. The maximum absolute atomic E-state index is 12.2. The number of benzene rings is 1. The van der Waals surface area contributed by atoms with Gasteiger partial charge in [0.2, 0.25) is 0 Å². The Bertz CT molecular complexity index is 878. The van der Waals surface area contributed by atoms with Gasteiger partial charge in [0.15, 0.2) is 0 Å². The summed E-state index contributed by atoms with van der Waals surface area (Å²) < 4.78 is 0. The molecule has 0 aliphatic heterocycles. The molecule has 25 heavy (non-hydrogen) atoms. The van der Waals surface area contributed by atoms with Crippen molar-refractivity contribution < 1.29 is 4.79 Å². The van der Waals surface area contributed by atoms with Gasteiger partial charge in [-0.15, -0.1) is 0 Å². The second-order valence-corrected chi connectivity index (χ2v) is 5.85. The van der Waals surface area contributed by atoms with Crippen LogP contribution in [0.4, 0.5) is 10.5 Å². The number of aryl methyl sites for hydroxylation is 2. The third-order valence-electron chi connectivity index (χ3n) is 4.05. The highest BCUT2D eigenvalue weighted by Crippen LogP contribution is 2.20. The number of amides is 2. The Kier molecular flexibility index (Phi) is 5.04. The van der Waals surface area contributed by atoms with E-state index >= 15 is 0 Å². The molecule has 5 nitrogen and oxygen atoms in total. The molecule has 0 saturated heterocycles. The van der Waals surface area contributed by atoms with E-state index in [2.05, 4.69) is 20.6 Å². The minimum Gasteiger partial charge on any atom is -0.334 e. The normalized spacial score (nSPS) is 10.3. The van der Waals surface area contributed by atoms with Gasteiger partial charge in [-0.05, 0) is 60.9 Å². The molecule has 5 heteroatoms. The second-order valence-electron chi connectivity index (χ2n) is 5.85. The van der Waals surface area contributed by atoms with Crippen molar-refractivity contribution in [3.05, 3.63) is 77.7 Å². The van der Waals surface area contributed by atoms with Crippen molar-refractivity contribution in [3.8, 4) is 11.3 Å². The summed E-state index contributed by atoms with van der Waals surface area (Å²) >= 11 is 0. The number of hydrogen-bond donors (Lipinski definition) is 2. The summed E-state index contributed by atoms with van der Waals surface area (Å²) in [5, 5.41) is 5.74. The molecule has 0 atom stereocenters. The number of aromatic nitrogens is 2. The van der Waals surface area contributed by atoms with Crippen molar-refractivity contribution in [1.29, 1.82) is 0 Å². The average Bonchev–Trinajstić information content (AvgIpc) is 2.64. The van der Waals surface area contributed by atoms with E-state index in [9.17, 15) is 4.79 Å². The Hall–Kier alpha value is -3.21. The van der Waals surface area contributed by atoms with Gasteiger partial charge in [-0.3, -0.25) is 9.97 Å². The van der Waals surface area contributed by atoms with E-state index in [1.807, 2.05) is 56.3 Å². The molecule has 2 amide bonds. The molecular formula is C20H20N4O. The molecule has 0 radical (unpaired) electrons. The quantitative estimate of drug-likeness (QED) is 0.756. The zero-order valence-electron chi connectivity index (χ0n) is 14.3. The lowest BCUT2D eigenvalue weighted by Gasteiger charge is -2.11. The van der Waals surface area contributed by atoms with Crippen LogP contribution in [0.1, 0.15) is 16.7 Å². The molecule has 0 bridgehead atoms. The van der Waals surface area contributed by atoms with Crippen LogP contribution in [-0.2, 0) is 6.54 Å². The Labute approximate surface area is 147 Å². The van der Waals surface area contributed by atoms with Crippen molar-refractivity contribution in [2.45, 2.75) is 20.4 Å². The van der Waals surface area contributed by atoms with E-state index in [4.69, 9.17) is 0 Å². The third-order valence-corrected chi connectivity index (χ3v) is 4.05. The maximum Gasteiger partial charge on any atom is 0.319 e. The summed E-state index contributed by atoms with van der Waals surface area (Å²) in [6, 6.07) is 13.2. The van der Waals surface area contributed by atoms with Crippen molar-refractivity contribution >= 4 is 11.7 Å². The topological polar surface area (TPSA) is 66.9 Å². The van der Waals surface area contributed by atoms with Crippen LogP contribution in [0, 0.1) is 13.8 Å². The number of urea groups is 1. The molecule has 0 saturated carbocycles. The molecule has 2 N–H and O–H groups in total. The first kappa shape index (κ1) is 16.6. The number of hydrogen-bond acceptors (Lipinski definition) is 3. The van der Waals surface area contributed by atoms with Crippen LogP contribution in [0.3, 0.4) is 0 Å². The minimum atomic E-state index is -0.243. The number of carbonyl (C=O) groups is 1. The van der Waals surface area contributed by atoms with Crippen LogP contribution in [0.15, 0.2) is 61.1 Å². The van der Waals surface area contributed by atoms with E-state index < -0.39 is 0 Å². The second kappa shape index (κ2) is 7.57. The van der Waals surface area contributed by atoms with Gasteiger partial charge in [-0.1, -0.05) is 12.1 Å². The predicted molar refractivity (Wildman–Crippen MR) is 99.2 cm³/mol. The first-order valence-electron chi connectivity index (χ1n) is 8.10. The molecule has 0 fully saturated rings. The highest BCUT2D eigenvalue weighted by molar-refractivity contribution is 5.89. The highest BCUT2D eigenvalue weighted by Gasteiger charge is 2.08. The van der Waals surface area contributed by atoms with Gasteiger partial charge in [-0.2, -0.15) is 0 Å². The Morgan fingerprint density at radius 1 is 1.00 bits per heavy atom. The van der Waals surface area contributed by atoms with Crippen molar-refractivity contribution in [3.63, 3.8) is 0 Å². The fourth-order valence-electron chi connectivity index (χ4n) is 2.52. The summed E-state index contributed by atoms with van der Waals surface area (Å²) in [5.74, 6) is 0. The average molecular weight is 332 g/mol. The van der Waals surface area contributed by atoms with Crippen LogP contribution >= 0.6 is 0 Å². The summed E-state index contributed by atoms with van der Waals surface area (Å²) in [6.45, 7) is 4.46. The van der Waals surface area contributed by atoms with E-state index in [0.717, 1.165) is 28.1 Å². The Morgan fingerprint density at radius 3 is 2.56 bits per heavy atom. The summed E-state index contributed by atoms with van der Waals surface area (Å²) in [6.07, 6.45) is 5.20. The fourth-order valence-corrected chi connectivity index (χ4v) is 2.52. The molecule has 2 heterocycles. The van der Waals surface area contributed by atoms with Gasteiger partial charge in [0, 0.05) is 36.4 Å². The third kappa shape index (κ3) is 4.20. The fraction of sp³-hybridized carbons (Fsp3) is 0.150. The van der Waals surface area contributed by atoms with Gasteiger partial charge in [0.25, 0.3) is 0 Å². The summed E-state index contributed by atoms with van der Waals surface area (Å²) in [5.41, 5.74) is 5.89. The number of pyridine rings is 2. The molecule has 0 aliphatic rings. The van der Waals surface area contributed by atoms with Crippen LogP contribution in [0.2, 0.25) is 0 Å². The Morgan fingerprint density at radius 2 is 1.80 bits per heavy atom. The smallest absolute Gasteiger partial charge is 0.319 e. The Balaban J connectivity index is 1.67. The lowest BCUT2D eigenvalue weighted by atomic mass is 10.1. The molecule has 0 aliphatic carbocycles. The van der Waals surface area contributed by atoms with E-state index in [1.54, 1.807) is 18.6 Å². The zero-order valence-corrected chi connectivity index (χ0v) is 14.3. The number of nitrogens with one attached hydrogen (secondary N) is 2. The molecular weight excluding hydrogens is 312 g/mol. The lowest BCUT2D eigenvalue weighted by molar-refractivity contribution is 0.252. The van der Waals surface area contributed by atoms with Crippen LogP contribution in [-0.4, -0.2) is 16.0 Å². The van der Waals surface area contributed by atoms with Gasteiger partial charge < -0.3 is 10.6 Å². The lowest BCUT2D eigenvalue weighted by Crippen LogP contribution is -2.28.